The van der Waals surface area contributed by atoms with Crippen molar-refractivity contribution in [1.29, 1.82) is 0 Å². The van der Waals surface area contributed by atoms with Crippen molar-refractivity contribution in [2.75, 3.05) is 0 Å². The summed E-state index contributed by atoms with van der Waals surface area (Å²) < 4.78 is 1.67. The van der Waals surface area contributed by atoms with Crippen LogP contribution in [-0.2, 0) is 11.8 Å². The van der Waals surface area contributed by atoms with Crippen molar-refractivity contribution < 1.29 is 0 Å². The highest BCUT2D eigenvalue weighted by atomic mass is 15.5. The van der Waals surface area contributed by atoms with Gasteiger partial charge in [0.25, 0.3) is 0 Å². The Morgan fingerprint density at radius 1 is 0.923 bits per heavy atom. The Kier molecular flexibility index (Phi) is 3.31. The minimum absolute atomic E-state index is 0.185. The summed E-state index contributed by atoms with van der Waals surface area (Å²) in [6, 6.07) is 21.4. The van der Waals surface area contributed by atoms with Gasteiger partial charge in [0.1, 0.15) is 12.1 Å². The number of hydrogen-bond acceptors (Lipinski definition) is 3. The Labute approximate surface area is 151 Å². The van der Waals surface area contributed by atoms with Crippen molar-refractivity contribution >= 4 is 6.08 Å². The molecule has 5 nitrogen and oxygen atoms in total. The number of hydrogen-bond donors (Lipinski definition) is 1. The Hall–Kier alpha value is -3.47. The van der Waals surface area contributed by atoms with Gasteiger partial charge in [0.05, 0.1) is 0 Å². The third-order valence-corrected chi connectivity index (χ3v) is 5.14. The van der Waals surface area contributed by atoms with E-state index in [9.17, 15) is 0 Å². The van der Waals surface area contributed by atoms with Gasteiger partial charge in [-0.3, -0.25) is 0 Å². The zero-order chi connectivity index (χ0) is 17.4. The van der Waals surface area contributed by atoms with Crippen LogP contribution in [0.2, 0.25) is 0 Å². The lowest BCUT2D eigenvalue weighted by Gasteiger charge is -2.34. The fourth-order valence-electron chi connectivity index (χ4n) is 3.87. The predicted molar refractivity (Wildman–Crippen MR) is 99.9 cm³/mol. The molecule has 0 fully saturated rings. The number of benzene rings is 2. The topological polar surface area (TPSA) is 59.4 Å². The van der Waals surface area contributed by atoms with Gasteiger partial charge in [-0.1, -0.05) is 72.8 Å². The van der Waals surface area contributed by atoms with Gasteiger partial charge in [0, 0.05) is 17.2 Å². The second kappa shape index (κ2) is 5.81. The maximum Gasteiger partial charge on any atom is 0.145 e. The van der Waals surface area contributed by atoms with E-state index in [2.05, 4.69) is 99.5 Å². The highest BCUT2D eigenvalue weighted by Gasteiger charge is 2.35. The standard InChI is InChI=1S/C21H17N5/c1-3-7-17(8-4-1)21(18-9-5-2-6-10-18)12-11-19-16(13-21)14-22-20(19)26-15-23-24-25-26/h1-12,14-15,22H,13H2. The van der Waals surface area contributed by atoms with Crippen LogP contribution in [0.1, 0.15) is 22.3 Å². The van der Waals surface area contributed by atoms with Crippen LogP contribution >= 0.6 is 0 Å². The lowest BCUT2D eigenvalue weighted by atomic mass is 9.68. The lowest BCUT2D eigenvalue weighted by molar-refractivity contribution is 0.634. The maximum atomic E-state index is 4.01. The third-order valence-electron chi connectivity index (χ3n) is 5.14. The van der Waals surface area contributed by atoms with E-state index in [0.717, 1.165) is 17.8 Å². The SMILES string of the molecule is C1=CC(c2ccccc2)(c2ccccc2)Cc2c[nH]c(-n3cnnn3)c21. The van der Waals surface area contributed by atoms with Crippen LogP contribution in [0, 0.1) is 0 Å². The first-order valence-electron chi connectivity index (χ1n) is 8.61. The average Bonchev–Trinajstić information content (AvgIpc) is 3.38. The van der Waals surface area contributed by atoms with Crippen molar-refractivity contribution in [3.05, 3.63) is 102 Å². The second-order valence-corrected chi connectivity index (χ2v) is 6.54. The van der Waals surface area contributed by atoms with E-state index in [0.29, 0.717) is 0 Å². The number of fused-ring (bicyclic) bond motifs is 1. The predicted octanol–water partition coefficient (Wildman–Crippen LogP) is 3.55. The molecule has 0 aliphatic heterocycles. The van der Waals surface area contributed by atoms with Crippen molar-refractivity contribution in [3.63, 3.8) is 0 Å². The van der Waals surface area contributed by atoms with Crippen LogP contribution < -0.4 is 0 Å². The molecule has 0 saturated carbocycles. The first kappa shape index (κ1) is 14.8. The van der Waals surface area contributed by atoms with Gasteiger partial charge in [-0.05, 0) is 33.5 Å². The number of aromatic amines is 1. The van der Waals surface area contributed by atoms with E-state index >= 15 is 0 Å². The van der Waals surface area contributed by atoms with Gasteiger partial charge in [-0.15, -0.1) is 5.10 Å². The van der Waals surface area contributed by atoms with Crippen molar-refractivity contribution in [1.82, 2.24) is 25.2 Å². The molecule has 0 unspecified atom stereocenters. The van der Waals surface area contributed by atoms with Gasteiger partial charge in [-0.25, -0.2) is 0 Å². The van der Waals surface area contributed by atoms with E-state index in [4.69, 9.17) is 0 Å². The molecular formula is C21H17N5. The summed E-state index contributed by atoms with van der Waals surface area (Å²) in [5, 5.41) is 11.5. The number of rotatable bonds is 3. The fourth-order valence-corrected chi connectivity index (χ4v) is 3.87. The molecule has 0 amide bonds. The monoisotopic (exact) mass is 339 g/mol. The summed E-state index contributed by atoms with van der Waals surface area (Å²) in [6.45, 7) is 0. The molecule has 2 aromatic carbocycles. The maximum absolute atomic E-state index is 4.01. The van der Waals surface area contributed by atoms with Crippen LogP contribution in [0.25, 0.3) is 11.9 Å². The van der Waals surface area contributed by atoms with Crippen LogP contribution in [0.15, 0.2) is 79.3 Å². The average molecular weight is 339 g/mol. The highest BCUT2D eigenvalue weighted by Crippen LogP contribution is 2.42. The highest BCUT2D eigenvalue weighted by molar-refractivity contribution is 5.69. The molecule has 26 heavy (non-hydrogen) atoms. The minimum Gasteiger partial charge on any atom is -0.346 e. The van der Waals surface area contributed by atoms with Gasteiger partial charge in [0.2, 0.25) is 0 Å². The first-order chi connectivity index (χ1) is 12.9. The van der Waals surface area contributed by atoms with Crippen LogP contribution in [0.3, 0.4) is 0 Å². The van der Waals surface area contributed by atoms with Gasteiger partial charge in [-0.2, -0.15) is 4.68 Å². The normalized spacial score (nSPS) is 14.9. The molecule has 1 aliphatic rings. The molecular weight excluding hydrogens is 322 g/mol. The number of nitrogens with zero attached hydrogens (tertiary/aromatic N) is 4. The Bertz CT molecular complexity index is 1010. The molecule has 2 heterocycles. The molecule has 0 radical (unpaired) electrons. The summed E-state index contributed by atoms with van der Waals surface area (Å²) in [5.74, 6) is 0.899. The smallest absolute Gasteiger partial charge is 0.145 e. The van der Waals surface area contributed by atoms with Crippen molar-refractivity contribution in [2.24, 2.45) is 0 Å². The molecule has 126 valence electrons. The van der Waals surface area contributed by atoms with Gasteiger partial charge >= 0.3 is 0 Å². The Balaban J connectivity index is 1.67. The molecule has 0 bridgehead atoms. The van der Waals surface area contributed by atoms with Crippen molar-refractivity contribution in [3.8, 4) is 5.82 Å². The largest absolute Gasteiger partial charge is 0.346 e. The summed E-state index contributed by atoms with van der Waals surface area (Å²) in [4.78, 5) is 3.33. The summed E-state index contributed by atoms with van der Waals surface area (Å²) >= 11 is 0. The van der Waals surface area contributed by atoms with E-state index in [1.54, 1.807) is 11.0 Å². The zero-order valence-corrected chi connectivity index (χ0v) is 14.1. The quantitative estimate of drug-likeness (QED) is 0.621. The molecule has 0 spiro atoms. The van der Waals surface area contributed by atoms with Crippen LogP contribution in [0.5, 0.6) is 0 Å². The van der Waals surface area contributed by atoms with Crippen LogP contribution in [0.4, 0.5) is 0 Å². The van der Waals surface area contributed by atoms with Crippen molar-refractivity contribution in [2.45, 2.75) is 11.8 Å². The summed E-state index contributed by atoms with van der Waals surface area (Å²) in [7, 11) is 0. The van der Waals surface area contributed by atoms with E-state index < -0.39 is 0 Å². The molecule has 0 atom stereocenters. The molecule has 1 aliphatic carbocycles. The molecule has 4 aromatic rings. The zero-order valence-electron chi connectivity index (χ0n) is 14.1. The minimum atomic E-state index is -0.185. The lowest BCUT2D eigenvalue weighted by Crippen LogP contribution is -2.30. The fraction of sp³-hybridized carbons (Fsp3) is 0.0952. The van der Waals surface area contributed by atoms with E-state index in [1.807, 2.05) is 0 Å². The molecule has 0 saturated heterocycles. The number of H-pyrrole nitrogens is 1. The third kappa shape index (κ3) is 2.21. The molecule has 5 rings (SSSR count). The number of nitrogens with one attached hydrogen (secondary N) is 1. The van der Waals surface area contributed by atoms with Crippen LogP contribution in [-0.4, -0.2) is 25.2 Å². The number of aromatic nitrogens is 5. The van der Waals surface area contributed by atoms with Gasteiger partial charge < -0.3 is 4.98 Å². The summed E-state index contributed by atoms with van der Waals surface area (Å²) in [5.41, 5.74) is 4.79. The molecule has 5 heteroatoms. The first-order valence-corrected chi connectivity index (χ1v) is 8.61. The van der Waals surface area contributed by atoms with E-state index in [1.165, 1.54) is 16.7 Å². The Morgan fingerprint density at radius 3 is 2.23 bits per heavy atom. The Morgan fingerprint density at radius 2 is 1.62 bits per heavy atom. The number of allylic oxidation sites excluding steroid dienone is 1. The summed E-state index contributed by atoms with van der Waals surface area (Å²) in [6.07, 6.45) is 9.05. The second-order valence-electron chi connectivity index (χ2n) is 6.54. The molecule has 1 N–H and O–H groups in total. The molecule has 2 aromatic heterocycles. The number of tetrazole rings is 1. The van der Waals surface area contributed by atoms with Gasteiger partial charge in [0.15, 0.2) is 0 Å². The van der Waals surface area contributed by atoms with E-state index in [-0.39, 0.29) is 5.41 Å².